The van der Waals surface area contributed by atoms with Crippen molar-refractivity contribution in [1.82, 2.24) is 4.90 Å². The fraction of sp³-hybridized carbons (Fsp3) is 0.700. The van der Waals surface area contributed by atoms with Gasteiger partial charge in [-0.1, -0.05) is 0 Å². The first-order valence-corrected chi connectivity index (χ1v) is 5.19. The summed E-state index contributed by atoms with van der Waals surface area (Å²) in [7, 11) is 0. The molecule has 2 N–H and O–H groups in total. The molecule has 2 aliphatic heterocycles. The molecule has 0 aliphatic carbocycles. The van der Waals surface area contributed by atoms with Crippen LogP contribution in [0.1, 0.15) is 6.92 Å². The van der Waals surface area contributed by atoms with E-state index < -0.39 is 30.5 Å². The summed E-state index contributed by atoms with van der Waals surface area (Å²) in [5.41, 5.74) is -2.34. The fourth-order valence-corrected chi connectivity index (χ4v) is 1.99. The van der Waals surface area contributed by atoms with E-state index in [1.54, 1.807) is 6.08 Å². The number of allylic oxidation sites excluding steroid dienone is 1. The summed E-state index contributed by atoms with van der Waals surface area (Å²) in [5, 5.41) is 18.4. The second-order valence-corrected chi connectivity index (χ2v) is 4.30. The van der Waals surface area contributed by atoms with Gasteiger partial charge in [0, 0.05) is 12.4 Å². The molecule has 0 bridgehead atoms. The second-order valence-electron chi connectivity index (χ2n) is 4.30. The highest BCUT2D eigenvalue weighted by Gasteiger charge is 2.64. The lowest BCUT2D eigenvalue weighted by atomic mass is 9.97. The first-order valence-electron chi connectivity index (χ1n) is 5.19. The van der Waals surface area contributed by atoms with Crippen LogP contribution in [0, 0.1) is 0 Å². The minimum Gasteiger partial charge on any atom is -0.390 e. The molecule has 17 heavy (non-hydrogen) atoms. The average molecular weight is 248 g/mol. The van der Waals surface area contributed by atoms with Crippen molar-refractivity contribution in [2.75, 3.05) is 13.3 Å². The maximum atomic E-state index is 14.3. The number of hydrogen-bond acceptors (Lipinski definition) is 5. The highest BCUT2D eigenvalue weighted by atomic mass is 19.2. The lowest BCUT2D eigenvalue weighted by molar-refractivity contribution is -0.212. The summed E-state index contributed by atoms with van der Waals surface area (Å²) in [6.45, 7) is 0.0331. The van der Waals surface area contributed by atoms with Gasteiger partial charge in [-0.05, 0) is 13.0 Å². The van der Waals surface area contributed by atoms with Crippen LogP contribution in [0.25, 0.3) is 0 Å². The molecule has 0 amide bonds. The number of aliphatic hydroxyl groups is 2. The van der Waals surface area contributed by atoms with E-state index in [1.165, 1.54) is 17.3 Å². The van der Waals surface area contributed by atoms with Gasteiger partial charge in [0.1, 0.15) is 13.3 Å². The van der Waals surface area contributed by atoms with E-state index in [0.29, 0.717) is 0 Å². The Balaban J connectivity index is 2.24. The monoisotopic (exact) mass is 248 g/mol. The van der Waals surface area contributed by atoms with Gasteiger partial charge < -0.3 is 19.8 Å². The zero-order valence-corrected chi connectivity index (χ0v) is 9.25. The van der Waals surface area contributed by atoms with E-state index in [1.807, 2.05) is 0 Å². The quantitative estimate of drug-likeness (QED) is 0.719. The topological polar surface area (TPSA) is 65.3 Å². The maximum absolute atomic E-state index is 14.3. The van der Waals surface area contributed by atoms with E-state index in [9.17, 15) is 13.9 Å². The van der Waals surface area contributed by atoms with Crippen LogP contribution in [0.4, 0.5) is 8.78 Å². The molecule has 1 saturated heterocycles. The smallest absolute Gasteiger partial charge is 0.263 e. The fourth-order valence-electron chi connectivity index (χ4n) is 1.99. The number of aliphatic imine (C=N–C) groups is 1. The lowest BCUT2D eigenvalue weighted by Gasteiger charge is -2.32. The van der Waals surface area contributed by atoms with Gasteiger partial charge in [-0.15, -0.1) is 0 Å². The van der Waals surface area contributed by atoms with Crippen molar-refractivity contribution in [2.24, 2.45) is 4.99 Å². The van der Waals surface area contributed by atoms with Crippen LogP contribution in [0.2, 0.25) is 0 Å². The first-order chi connectivity index (χ1) is 7.92. The molecule has 2 rings (SSSR count). The van der Waals surface area contributed by atoms with E-state index in [0.717, 1.165) is 6.92 Å². The van der Waals surface area contributed by atoms with Gasteiger partial charge in [0.25, 0.3) is 5.85 Å². The van der Waals surface area contributed by atoms with Crippen LogP contribution in [0.5, 0.6) is 0 Å². The van der Waals surface area contributed by atoms with Crippen molar-refractivity contribution in [3.05, 3.63) is 12.3 Å². The summed E-state index contributed by atoms with van der Waals surface area (Å²) in [4.78, 5) is 5.19. The normalized spacial score (nSPS) is 45.6. The second kappa shape index (κ2) is 4.01. The van der Waals surface area contributed by atoms with Crippen LogP contribution in [0.3, 0.4) is 0 Å². The van der Waals surface area contributed by atoms with Gasteiger partial charge in [0.15, 0.2) is 18.0 Å². The highest BCUT2D eigenvalue weighted by Crippen LogP contribution is 2.43. The number of hydrogen-bond donors (Lipinski definition) is 2. The summed E-state index contributed by atoms with van der Waals surface area (Å²) in [6, 6.07) is 0. The SMILES string of the molecule is C[C@]1(F)[C@H](N2C=CC=NC2)O[C@](F)(CO)[C@H]1O. The summed E-state index contributed by atoms with van der Waals surface area (Å²) in [5.74, 6) is -2.79. The van der Waals surface area contributed by atoms with Crippen molar-refractivity contribution in [1.29, 1.82) is 0 Å². The lowest BCUT2D eigenvalue weighted by Crippen LogP contribution is -2.50. The molecule has 0 radical (unpaired) electrons. The molecule has 0 aromatic heterocycles. The minimum absolute atomic E-state index is 0.106. The van der Waals surface area contributed by atoms with Gasteiger partial charge in [0.2, 0.25) is 0 Å². The maximum Gasteiger partial charge on any atom is 0.263 e. The number of aliphatic hydroxyl groups excluding tert-OH is 2. The Hall–Kier alpha value is -1.05. The molecule has 0 saturated carbocycles. The summed E-state index contributed by atoms with van der Waals surface area (Å²) < 4.78 is 33.0. The van der Waals surface area contributed by atoms with E-state index in [2.05, 4.69) is 4.99 Å². The van der Waals surface area contributed by atoms with E-state index >= 15 is 0 Å². The summed E-state index contributed by atoms with van der Waals surface area (Å²) in [6.07, 6.45) is 1.18. The molecule has 0 spiro atoms. The minimum atomic E-state index is -2.79. The van der Waals surface area contributed by atoms with Crippen molar-refractivity contribution < 1.29 is 23.7 Å². The standard InChI is InChI=1S/C10H14F2N2O3/c1-9(11)7(16)10(12,5-15)17-8(9)14-4-2-3-13-6-14/h2-4,7-8,15-16H,5-6H2,1H3/t7-,8+,9+,10+/m0/s1. The molecule has 7 heteroatoms. The van der Waals surface area contributed by atoms with Crippen LogP contribution in [0.15, 0.2) is 17.3 Å². The average Bonchev–Trinajstić information content (AvgIpc) is 2.52. The zero-order chi connectivity index (χ0) is 12.7. The van der Waals surface area contributed by atoms with Crippen LogP contribution in [-0.4, -0.2) is 58.5 Å². The highest BCUT2D eigenvalue weighted by molar-refractivity contribution is 5.71. The molecule has 5 nitrogen and oxygen atoms in total. The molecule has 4 atom stereocenters. The summed E-state index contributed by atoms with van der Waals surface area (Å²) >= 11 is 0. The third-order valence-electron chi connectivity index (χ3n) is 2.96. The Morgan fingerprint density at radius 3 is 2.76 bits per heavy atom. The van der Waals surface area contributed by atoms with Gasteiger partial charge >= 0.3 is 0 Å². The Labute approximate surface area is 97.0 Å². The van der Waals surface area contributed by atoms with Crippen LogP contribution >= 0.6 is 0 Å². The van der Waals surface area contributed by atoms with Gasteiger partial charge in [0.05, 0.1) is 0 Å². The number of ether oxygens (including phenoxy) is 1. The molecule has 2 aliphatic rings. The third-order valence-corrected chi connectivity index (χ3v) is 2.96. The van der Waals surface area contributed by atoms with Crippen molar-refractivity contribution in [3.63, 3.8) is 0 Å². The Morgan fingerprint density at radius 1 is 1.59 bits per heavy atom. The molecule has 0 unspecified atom stereocenters. The van der Waals surface area contributed by atoms with Crippen molar-refractivity contribution >= 4 is 6.21 Å². The number of rotatable bonds is 2. The van der Waals surface area contributed by atoms with Crippen molar-refractivity contribution in [2.45, 2.75) is 30.8 Å². The molecule has 0 aromatic rings. The Bertz CT molecular complexity index is 361. The van der Waals surface area contributed by atoms with Crippen molar-refractivity contribution in [3.8, 4) is 0 Å². The Kier molecular flexibility index (Phi) is 2.92. The number of halogens is 2. The molecule has 1 fully saturated rings. The predicted molar refractivity (Wildman–Crippen MR) is 55.7 cm³/mol. The van der Waals surface area contributed by atoms with Gasteiger partial charge in [-0.25, -0.2) is 8.78 Å². The largest absolute Gasteiger partial charge is 0.390 e. The number of nitrogens with zero attached hydrogens (tertiary/aromatic N) is 2. The van der Waals surface area contributed by atoms with Crippen LogP contribution < -0.4 is 0 Å². The zero-order valence-electron chi connectivity index (χ0n) is 9.25. The third kappa shape index (κ3) is 1.84. The van der Waals surface area contributed by atoms with Gasteiger partial charge in [-0.2, -0.15) is 0 Å². The Morgan fingerprint density at radius 2 is 2.29 bits per heavy atom. The van der Waals surface area contributed by atoms with Gasteiger partial charge in [-0.3, -0.25) is 4.99 Å². The van der Waals surface area contributed by atoms with Crippen LogP contribution in [-0.2, 0) is 4.74 Å². The molecular weight excluding hydrogens is 234 g/mol. The molecule has 2 heterocycles. The number of alkyl halides is 2. The first kappa shape index (κ1) is 12.4. The molecular formula is C10H14F2N2O3. The van der Waals surface area contributed by atoms with E-state index in [-0.39, 0.29) is 6.67 Å². The predicted octanol–water partition coefficient (Wildman–Crippen LogP) is -0.0525. The molecule has 96 valence electrons. The molecule has 0 aromatic carbocycles. The van der Waals surface area contributed by atoms with E-state index in [4.69, 9.17) is 9.84 Å².